The van der Waals surface area contributed by atoms with E-state index >= 15 is 0 Å². The van der Waals surface area contributed by atoms with Gasteiger partial charge in [0.25, 0.3) is 0 Å². The number of rotatable bonds is 2. The normalized spacial score (nSPS) is 13.8. The maximum atomic E-state index is 3.74. The second-order valence-corrected chi connectivity index (χ2v) is 22.9. The first kappa shape index (κ1) is 31.6. The molecule has 182 valence electrons. The Morgan fingerprint density at radius 2 is 1.38 bits per heavy atom. The molecule has 0 N–H and O–H groups in total. The van der Waals surface area contributed by atoms with Crippen molar-refractivity contribution < 1.29 is 49.0 Å². The van der Waals surface area contributed by atoms with Crippen LogP contribution in [0.5, 0.6) is 0 Å². The SMILES string of the molecule is C[Si](C)(C)c1[c-]c2c(cc1)-c1ccc([Si](C)(C)C)cc1C2.[Cl-].[Cl-].[Zr+2]=[C]1CCCC1.c1cc[cH-]c1. The van der Waals surface area contributed by atoms with E-state index in [1.807, 2.05) is 30.3 Å². The molecule has 0 heterocycles. The van der Waals surface area contributed by atoms with Crippen LogP contribution in [0.4, 0.5) is 0 Å². The summed E-state index contributed by atoms with van der Waals surface area (Å²) in [5.41, 5.74) is 5.77. The van der Waals surface area contributed by atoms with Gasteiger partial charge < -0.3 is 24.8 Å². The predicted molar refractivity (Wildman–Crippen MR) is 145 cm³/mol. The zero-order valence-corrected chi connectivity index (χ0v) is 27.5. The molecule has 0 atom stereocenters. The molecule has 0 aliphatic heterocycles. The van der Waals surface area contributed by atoms with Gasteiger partial charge in [-0.1, -0.05) is 73.8 Å². The van der Waals surface area contributed by atoms with Crippen molar-refractivity contribution in [2.45, 2.75) is 71.4 Å². The van der Waals surface area contributed by atoms with Gasteiger partial charge in [0.15, 0.2) is 0 Å². The molecule has 0 amide bonds. The summed E-state index contributed by atoms with van der Waals surface area (Å²) in [6.45, 7) is 14.5. The first-order chi connectivity index (χ1) is 15.1. The molecule has 5 rings (SSSR count). The Morgan fingerprint density at radius 1 is 0.794 bits per heavy atom. The van der Waals surface area contributed by atoms with E-state index < -0.39 is 16.1 Å². The molecule has 2 aliphatic rings. The molecule has 1 fully saturated rings. The van der Waals surface area contributed by atoms with Gasteiger partial charge in [0.2, 0.25) is 0 Å². The Bertz CT molecular complexity index is 958. The van der Waals surface area contributed by atoms with E-state index in [1.54, 1.807) is 32.6 Å². The molecule has 1 saturated carbocycles. The Hall–Kier alpha value is -0.443. The van der Waals surface area contributed by atoms with E-state index in [0.29, 0.717) is 0 Å². The van der Waals surface area contributed by atoms with Crippen LogP contribution in [0, 0.1) is 6.07 Å². The largest absolute Gasteiger partial charge is 0.214 e. The number of benzene rings is 2. The smallest absolute Gasteiger partial charge is 0.172 e. The minimum absolute atomic E-state index is 0. The molecule has 5 heteroatoms. The van der Waals surface area contributed by atoms with Gasteiger partial charge in [-0.2, -0.15) is 47.1 Å². The maximum absolute atomic E-state index is 3.74. The Kier molecular flexibility index (Phi) is 12.8. The van der Waals surface area contributed by atoms with Gasteiger partial charge in [-0.3, -0.25) is 0 Å². The molecule has 3 aromatic carbocycles. The Morgan fingerprint density at radius 3 is 1.82 bits per heavy atom. The fraction of sp³-hybridized carbons (Fsp3) is 0.379. The standard InChI is InChI=1S/C19H25Si2.C5H8.C5H5.2ClH.Zr/c1-20(2,3)16-7-9-18-14(12-16)11-15-13-17(21(4,5)6)8-10-19(15)18;2*1-2-4-5-3-1;;;/h7-10,12H,11H2,1-6H3;1-4H2;1-5H;2*1H;/q-1;;-1;;;+2/p-2. The molecule has 0 spiro atoms. The molecule has 0 aromatic heterocycles. The first-order valence-corrected chi connectivity index (χ1v) is 20.2. The van der Waals surface area contributed by atoms with Crippen LogP contribution >= 0.6 is 0 Å². The Labute approximate surface area is 237 Å². The van der Waals surface area contributed by atoms with Crippen molar-refractivity contribution in [1.29, 1.82) is 0 Å². The molecular formula is C29H38Cl2Si2Zr-2. The fourth-order valence-corrected chi connectivity index (χ4v) is 7.32. The van der Waals surface area contributed by atoms with Crippen LogP contribution in [0.25, 0.3) is 11.1 Å². The molecule has 2 aliphatic carbocycles. The zero-order chi connectivity index (χ0) is 23.4. The van der Waals surface area contributed by atoms with Gasteiger partial charge in [0, 0.05) is 0 Å². The number of fused-ring (bicyclic) bond motifs is 3. The van der Waals surface area contributed by atoms with Crippen molar-refractivity contribution in [2.75, 3.05) is 0 Å². The first-order valence-electron chi connectivity index (χ1n) is 12.0. The van der Waals surface area contributed by atoms with Crippen LogP contribution < -0.4 is 35.2 Å². The third kappa shape index (κ3) is 8.89. The van der Waals surface area contributed by atoms with Crippen molar-refractivity contribution in [3.63, 3.8) is 0 Å². The summed E-state index contributed by atoms with van der Waals surface area (Å²) in [7, 11) is -2.49. The molecule has 34 heavy (non-hydrogen) atoms. The zero-order valence-electron chi connectivity index (χ0n) is 21.6. The van der Waals surface area contributed by atoms with Crippen LogP contribution in [0.2, 0.25) is 39.3 Å². The van der Waals surface area contributed by atoms with Gasteiger partial charge in [0.05, 0.1) is 16.1 Å². The van der Waals surface area contributed by atoms with Crippen LogP contribution in [0.1, 0.15) is 36.8 Å². The second-order valence-electron chi connectivity index (χ2n) is 11.1. The summed E-state index contributed by atoms with van der Waals surface area (Å²) in [4.78, 5) is 0. The van der Waals surface area contributed by atoms with E-state index in [4.69, 9.17) is 0 Å². The number of halogens is 2. The van der Waals surface area contributed by atoms with E-state index in [-0.39, 0.29) is 24.8 Å². The fourth-order valence-electron chi connectivity index (χ4n) is 4.15. The third-order valence-corrected chi connectivity index (χ3v) is 11.4. The summed E-state index contributed by atoms with van der Waals surface area (Å²) >= 11 is 1.68. The van der Waals surface area contributed by atoms with Crippen molar-refractivity contribution in [2.24, 2.45) is 0 Å². The number of hydrogen-bond acceptors (Lipinski definition) is 0. The average molecular weight is 605 g/mol. The van der Waals surface area contributed by atoms with Gasteiger partial charge in [-0.15, -0.1) is 5.56 Å². The van der Waals surface area contributed by atoms with Crippen molar-refractivity contribution in [1.82, 2.24) is 0 Å². The topological polar surface area (TPSA) is 0 Å². The minimum Gasteiger partial charge on any atom is -0.214 e. The van der Waals surface area contributed by atoms with Crippen molar-refractivity contribution in [3.8, 4) is 11.1 Å². The molecule has 0 saturated heterocycles. The van der Waals surface area contributed by atoms with E-state index in [1.165, 1.54) is 53.1 Å². The summed E-state index contributed by atoms with van der Waals surface area (Å²) < 4.78 is 1.79. The van der Waals surface area contributed by atoms with Crippen LogP contribution in [0.15, 0.2) is 60.7 Å². The summed E-state index contributed by atoms with van der Waals surface area (Å²) in [5.74, 6) is 0. The summed E-state index contributed by atoms with van der Waals surface area (Å²) in [6.07, 6.45) is 6.90. The van der Waals surface area contributed by atoms with Crippen LogP contribution in [-0.4, -0.2) is 19.4 Å². The predicted octanol–water partition coefficient (Wildman–Crippen LogP) is 0.841. The van der Waals surface area contributed by atoms with Gasteiger partial charge >= 0.3 is 53.1 Å². The third-order valence-electron chi connectivity index (χ3n) is 6.23. The molecule has 3 aromatic rings. The number of hydrogen-bond donors (Lipinski definition) is 0. The van der Waals surface area contributed by atoms with Crippen molar-refractivity contribution >= 4 is 29.7 Å². The second kappa shape index (κ2) is 13.8. The molecule has 0 bridgehead atoms. The van der Waals surface area contributed by atoms with Gasteiger partial charge in [0.1, 0.15) is 0 Å². The average Bonchev–Trinajstić information content (AvgIpc) is 3.48. The van der Waals surface area contributed by atoms with Gasteiger partial charge in [-0.25, -0.2) is 12.1 Å². The van der Waals surface area contributed by atoms with E-state index in [0.717, 1.165) is 6.42 Å². The van der Waals surface area contributed by atoms with Gasteiger partial charge in [-0.05, 0) is 6.42 Å². The summed E-state index contributed by atoms with van der Waals surface area (Å²) in [6, 6.07) is 25.5. The molecule has 0 radical (unpaired) electrons. The van der Waals surface area contributed by atoms with Crippen molar-refractivity contribution in [3.05, 3.63) is 77.9 Å². The van der Waals surface area contributed by atoms with Crippen LogP contribution in [-0.2, 0) is 30.7 Å². The quantitative estimate of drug-likeness (QED) is 0.235. The molecule has 0 unspecified atom stereocenters. The monoisotopic (exact) mass is 602 g/mol. The van der Waals surface area contributed by atoms with E-state index in [2.05, 4.69) is 75.7 Å². The molecule has 0 nitrogen and oxygen atoms in total. The maximum Gasteiger partial charge on any atom is -0.172 e. The summed E-state index contributed by atoms with van der Waals surface area (Å²) in [5, 5.41) is 3.03. The van der Waals surface area contributed by atoms with Crippen LogP contribution in [0.3, 0.4) is 0 Å². The Balaban J connectivity index is 0.000000367. The minimum atomic E-state index is -1.27. The molecular weight excluding hydrogens is 567 g/mol. The van der Waals surface area contributed by atoms with E-state index in [9.17, 15) is 0 Å².